The molecule has 8 heteroatoms. The molecule has 0 aliphatic carbocycles. The number of para-hydroxylation sites is 1. The van der Waals surface area contributed by atoms with Gasteiger partial charge >= 0.3 is 11.9 Å². The summed E-state index contributed by atoms with van der Waals surface area (Å²) < 4.78 is 12.0. The predicted octanol–water partition coefficient (Wildman–Crippen LogP) is 4.14. The number of aromatic nitrogens is 1. The summed E-state index contributed by atoms with van der Waals surface area (Å²) in [6, 6.07) is 13.6. The van der Waals surface area contributed by atoms with Gasteiger partial charge in [0.25, 0.3) is 0 Å². The number of nitrogens with zero attached hydrogens (tertiary/aromatic N) is 3. The number of benzene rings is 2. The molecule has 0 atom stereocenters. The van der Waals surface area contributed by atoms with E-state index in [1.807, 2.05) is 25.1 Å². The maximum absolute atomic E-state index is 12.0. The fourth-order valence-corrected chi connectivity index (χ4v) is 2.70. The average Bonchev–Trinajstić information content (AvgIpc) is 2.99. The second-order valence-electron chi connectivity index (χ2n) is 6.29. The van der Waals surface area contributed by atoms with Crippen LogP contribution < -0.4 is 4.74 Å². The van der Waals surface area contributed by atoms with Gasteiger partial charge in [-0.25, -0.2) is 4.79 Å². The van der Waals surface area contributed by atoms with Crippen molar-refractivity contribution in [3.8, 4) is 11.6 Å². The molecule has 0 radical (unpaired) electrons. The Labute approximate surface area is 167 Å². The molecule has 0 unspecified atom stereocenters. The summed E-state index contributed by atoms with van der Waals surface area (Å²) in [7, 11) is 1.70. The third-order valence-corrected chi connectivity index (χ3v) is 4.20. The number of carbonyl (C=O) groups excluding carboxylic acids is 2. The van der Waals surface area contributed by atoms with Crippen LogP contribution in [0.1, 0.15) is 23.7 Å². The molecule has 3 rings (SSSR count). The van der Waals surface area contributed by atoms with E-state index in [1.54, 1.807) is 41.9 Å². The molecule has 1 heterocycles. The number of esters is 1. The van der Waals surface area contributed by atoms with Gasteiger partial charge in [-0.15, -0.1) is 10.2 Å². The molecule has 1 aromatic heterocycles. The Morgan fingerprint density at radius 2 is 1.83 bits per heavy atom. The SMILES string of the molecule is CCCOC(=O)c1ccc(OCC(=O)N=Nc2c(O)n(C)c3ccccc23)cc1. The Bertz CT molecular complexity index is 1050. The van der Waals surface area contributed by atoms with E-state index in [2.05, 4.69) is 10.2 Å². The lowest BCUT2D eigenvalue weighted by Gasteiger charge is -2.05. The molecule has 0 spiro atoms. The summed E-state index contributed by atoms with van der Waals surface area (Å²) >= 11 is 0. The van der Waals surface area contributed by atoms with Gasteiger partial charge in [-0.2, -0.15) is 0 Å². The van der Waals surface area contributed by atoms with Crippen molar-refractivity contribution in [3.05, 3.63) is 54.1 Å². The number of rotatable bonds is 7. The molecule has 29 heavy (non-hydrogen) atoms. The van der Waals surface area contributed by atoms with Crippen LogP contribution in [0.25, 0.3) is 10.9 Å². The molecule has 1 amide bonds. The summed E-state index contributed by atoms with van der Waals surface area (Å²) in [5, 5.41) is 18.4. The van der Waals surface area contributed by atoms with Crippen molar-refractivity contribution >= 4 is 28.5 Å². The molecule has 0 bridgehead atoms. The van der Waals surface area contributed by atoms with Crippen LogP contribution in [0.3, 0.4) is 0 Å². The highest BCUT2D eigenvalue weighted by molar-refractivity contribution is 5.95. The lowest BCUT2D eigenvalue weighted by Crippen LogP contribution is -2.08. The Balaban J connectivity index is 1.61. The number of carbonyl (C=O) groups is 2. The first-order valence-electron chi connectivity index (χ1n) is 9.12. The number of hydrogen-bond acceptors (Lipinski definition) is 6. The van der Waals surface area contributed by atoms with Crippen LogP contribution in [0.15, 0.2) is 58.8 Å². The highest BCUT2D eigenvalue weighted by Gasteiger charge is 2.14. The third kappa shape index (κ3) is 4.60. The standard InChI is InChI=1S/C21H21N3O5/c1-3-12-28-21(27)14-8-10-15(11-9-14)29-13-18(25)22-23-19-16-6-4-5-7-17(16)24(2)20(19)26/h4-11,26H,3,12-13H2,1-2H3. The quantitative estimate of drug-likeness (QED) is 0.478. The predicted molar refractivity (Wildman–Crippen MR) is 107 cm³/mol. The molecule has 2 aromatic carbocycles. The van der Waals surface area contributed by atoms with Gasteiger partial charge in [0.2, 0.25) is 5.88 Å². The van der Waals surface area contributed by atoms with Crippen LogP contribution in [0.4, 0.5) is 5.69 Å². The van der Waals surface area contributed by atoms with Crippen LogP contribution in [-0.2, 0) is 16.6 Å². The minimum Gasteiger partial charge on any atom is -0.493 e. The van der Waals surface area contributed by atoms with E-state index < -0.39 is 11.9 Å². The van der Waals surface area contributed by atoms with Crippen molar-refractivity contribution in [1.82, 2.24) is 4.57 Å². The summed E-state index contributed by atoms with van der Waals surface area (Å²) in [4.78, 5) is 23.7. The minimum atomic E-state index is -0.608. The summed E-state index contributed by atoms with van der Waals surface area (Å²) in [5.74, 6) is -0.676. The number of aromatic hydroxyl groups is 1. The van der Waals surface area contributed by atoms with Gasteiger partial charge in [-0.05, 0) is 36.8 Å². The van der Waals surface area contributed by atoms with Gasteiger partial charge in [0, 0.05) is 12.4 Å². The average molecular weight is 395 g/mol. The highest BCUT2D eigenvalue weighted by atomic mass is 16.5. The monoisotopic (exact) mass is 395 g/mol. The molecular formula is C21H21N3O5. The summed E-state index contributed by atoms with van der Waals surface area (Å²) in [6.45, 7) is 1.96. The molecule has 0 saturated heterocycles. The van der Waals surface area contributed by atoms with Gasteiger partial charge in [0.1, 0.15) is 5.75 Å². The summed E-state index contributed by atoms with van der Waals surface area (Å²) in [5.41, 5.74) is 1.41. The van der Waals surface area contributed by atoms with Crippen molar-refractivity contribution in [2.75, 3.05) is 13.2 Å². The van der Waals surface area contributed by atoms with E-state index in [1.165, 1.54) is 0 Å². The molecule has 0 fully saturated rings. The van der Waals surface area contributed by atoms with E-state index in [0.29, 0.717) is 23.3 Å². The van der Waals surface area contributed by atoms with E-state index in [-0.39, 0.29) is 18.2 Å². The Morgan fingerprint density at radius 1 is 1.10 bits per heavy atom. The van der Waals surface area contributed by atoms with Crippen molar-refractivity contribution in [2.45, 2.75) is 13.3 Å². The zero-order chi connectivity index (χ0) is 20.8. The molecular weight excluding hydrogens is 374 g/mol. The molecule has 0 aliphatic rings. The largest absolute Gasteiger partial charge is 0.493 e. The van der Waals surface area contributed by atoms with E-state index in [0.717, 1.165) is 11.9 Å². The van der Waals surface area contributed by atoms with Gasteiger partial charge in [0.15, 0.2) is 12.3 Å². The van der Waals surface area contributed by atoms with Gasteiger partial charge in [-0.3, -0.25) is 4.79 Å². The second-order valence-corrected chi connectivity index (χ2v) is 6.29. The zero-order valence-electron chi connectivity index (χ0n) is 16.2. The molecule has 1 N–H and O–H groups in total. The van der Waals surface area contributed by atoms with Crippen molar-refractivity contribution < 1.29 is 24.2 Å². The molecule has 0 saturated carbocycles. The van der Waals surface area contributed by atoms with Gasteiger partial charge in [-0.1, -0.05) is 25.1 Å². The van der Waals surface area contributed by atoms with E-state index in [4.69, 9.17) is 9.47 Å². The zero-order valence-corrected chi connectivity index (χ0v) is 16.2. The highest BCUT2D eigenvalue weighted by Crippen LogP contribution is 2.37. The number of fused-ring (bicyclic) bond motifs is 1. The Kier molecular flexibility index (Phi) is 6.23. The first kappa shape index (κ1) is 20.1. The first-order valence-corrected chi connectivity index (χ1v) is 9.12. The first-order chi connectivity index (χ1) is 14.0. The van der Waals surface area contributed by atoms with Crippen LogP contribution in [0.5, 0.6) is 11.6 Å². The van der Waals surface area contributed by atoms with Crippen molar-refractivity contribution in [3.63, 3.8) is 0 Å². The van der Waals surface area contributed by atoms with Crippen molar-refractivity contribution in [1.29, 1.82) is 0 Å². The number of ether oxygens (including phenoxy) is 2. The topological polar surface area (TPSA) is 102 Å². The summed E-state index contributed by atoms with van der Waals surface area (Å²) in [6.07, 6.45) is 0.750. The van der Waals surface area contributed by atoms with E-state index in [9.17, 15) is 14.7 Å². The molecule has 150 valence electrons. The maximum Gasteiger partial charge on any atom is 0.338 e. The van der Waals surface area contributed by atoms with Crippen molar-refractivity contribution in [2.24, 2.45) is 17.3 Å². The fraction of sp³-hybridized carbons (Fsp3) is 0.238. The third-order valence-electron chi connectivity index (χ3n) is 4.20. The number of aryl methyl sites for hydroxylation is 1. The Morgan fingerprint density at radius 3 is 2.55 bits per heavy atom. The van der Waals surface area contributed by atoms with Crippen LogP contribution in [-0.4, -0.2) is 34.8 Å². The lowest BCUT2D eigenvalue weighted by molar-refractivity contribution is -0.120. The van der Waals surface area contributed by atoms with Gasteiger partial charge in [0.05, 0.1) is 17.7 Å². The molecule has 3 aromatic rings. The maximum atomic E-state index is 12.0. The number of amides is 1. The number of hydrogen-bond donors (Lipinski definition) is 1. The van der Waals surface area contributed by atoms with Crippen LogP contribution in [0.2, 0.25) is 0 Å². The normalized spacial score (nSPS) is 11.1. The minimum absolute atomic E-state index is 0.0748. The lowest BCUT2D eigenvalue weighted by atomic mass is 10.2. The Hall–Kier alpha value is -3.68. The second kappa shape index (κ2) is 9.01. The van der Waals surface area contributed by atoms with Crippen LogP contribution >= 0.6 is 0 Å². The number of azo groups is 1. The van der Waals surface area contributed by atoms with E-state index >= 15 is 0 Å². The van der Waals surface area contributed by atoms with Crippen LogP contribution in [0, 0.1) is 0 Å². The fourth-order valence-electron chi connectivity index (χ4n) is 2.70. The van der Waals surface area contributed by atoms with Gasteiger partial charge < -0.3 is 19.1 Å². The molecule has 8 nitrogen and oxygen atoms in total. The molecule has 0 aliphatic heterocycles. The smallest absolute Gasteiger partial charge is 0.338 e.